The zero-order valence-electron chi connectivity index (χ0n) is 11.0. The molecular formula is C11H20N2O5S. The van der Waals surface area contributed by atoms with Crippen molar-refractivity contribution in [1.82, 2.24) is 10.2 Å². The van der Waals surface area contributed by atoms with Crippen LogP contribution < -0.4 is 5.32 Å². The van der Waals surface area contributed by atoms with Crippen LogP contribution in [0.15, 0.2) is 0 Å². The smallest absolute Gasteiger partial charge is 0.317 e. The molecule has 2 N–H and O–H groups in total. The van der Waals surface area contributed by atoms with Gasteiger partial charge in [-0.1, -0.05) is 6.92 Å². The number of hydrogen-bond acceptors (Lipinski definition) is 4. The molecule has 1 saturated heterocycles. The van der Waals surface area contributed by atoms with E-state index < -0.39 is 15.8 Å². The van der Waals surface area contributed by atoms with E-state index in [1.807, 2.05) is 0 Å². The largest absolute Gasteiger partial charge is 0.481 e. The maximum Gasteiger partial charge on any atom is 0.317 e. The molecular weight excluding hydrogens is 272 g/mol. The number of rotatable bonds is 6. The van der Waals surface area contributed by atoms with Crippen LogP contribution in [-0.2, 0) is 14.6 Å². The van der Waals surface area contributed by atoms with Crippen LogP contribution in [0, 0.1) is 5.92 Å². The number of carbonyl (C=O) groups is 2. The van der Waals surface area contributed by atoms with Crippen LogP contribution in [0.25, 0.3) is 0 Å². The van der Waals surface area contributed by atoms with Gasteiger partial charge in [0.25, 0.3) is 0 Å². The summed E-state index contributed by atoms with van der Waals surface area (Å²) in [6.45, 7) is 2.59. The van der Waals surface area contributed by atoms with Gasteiger partial charge < -0.3 is 15.3 Å². The highest BCUT2D eigenvalue weighted by molar-refractivity contribution is 7.91. The molecule has 0 aromatic carbocycles. The van der Waals surface area contributed by atoms with Crippen molar-refractivity contribution in [3.8, 4) is 0 Å². The molecule has 19 heavy (non-hydrogen) atoms. The van der Waals surface area contributed by atoms with Gasteiger partial charge in [-0.2, -0.15) is 0 Å². The van der Waals surface area contributed by atoms with Crippen molar-refractivity contribution < 1.29 is 23.1 Å². The first-order valence-electron chi connectivity index (χ1n) is 6.29. The Morgan fingerprint density at radius 2 is 2.11 bits per heavy atom. The molecule has 1 fully saturated rings. The Morgan fingerprint density at radius 3 is 2.68 bits per heavy atom. The average Bonchev–Trinajstić information content (AvgIpc) is 2.76. The Kier molecular flexibility index (Phi) is 5.59. The molecule has 0 aromatic heterocycles. The number of likely N-dealkylation sites (tertiary alicyclic amines) is 1. The lowest BCUT2D eigenvalue weighted by Crippen LogP contribution is -2.40. The second kappa shape index (κ2) is 6.74. The van der Waals surface area contributed by atoms with E-state index in [1.54, 1.807) is 6.92 Å². The molecule has 0 bridgehead atoms. The minimum Gasteiger partial charge on any atom is -0.481 e. The van der Waals surface area contributed by atoms with E-state index in [-0.39, 0.29) is 36.4 Å². The lowest BCUT2D eigenvalue weighted by Gasteiger charge is -2.17. The molecule has 1 heterocycles. The van der Waals surface area contributed by atoms with Gasteiger partial charge in [-0.25, -0.2) is 13.2 Å². The van der Waals surface area contributed by atoms with Crippen molar-refractivity contribution in [2.75, 3.05) is 31.1 Å². The minimum atomic E-state index is -3.08. The molecule has 110 valence electrons. The third-order valence-electron chi connectivity index (χ3n) is 3.17. The predicted octanol–water partition coefficient (Wildman–Crippen LogP) is -0.0727. The zero-order chi connectivity index (χ0) is 14.5. The first-order valence-corrected chi connectivity index (χ1v) is 8.11. The fourth-order valence-electron chi connectivity index (χ4n) is 2.00. The molecule has 1 atom stereocenters. The first kappa shape index (κ1) is 15.7. The average molecular weight is 292 g/mol. The van der Waals surface area contributed by atoms with Crippen molar-refractivity contribution in [1.29, 1.82) is 0 Å². The van der Waals surface area contributed by atoms with E-state index in [4.69, 9.17) is 5.11 Å². The summed E-state index contributed by atoms with van der Waals surface area (Å²) in [5.74, 6) is -0.876. The van der Waals surface area contributed by atoms with E-state index in [0.29, 0.717) is 19.5 Å². The third-order valence-corrected chi connectivity index (χ3v) is 4.87. The standard InChI is InChI=1S/C11H20N2O5S/c1-2-19(17,18)6-4-12-11(16)13-5-3-9(8-13)7-10(14)15/h9H,2-8H2,1H3,(H,12,16)(H,14,15). The lowest BCUT2D eigenvalue weighted by molar-refractivity contribution is -0.138. The van der Waals surface area contributed by atoms with Crippen LogP contribution in [0.3, 0.4) is 0 Å². The molecule has 8 heteroatoms. The Morgan fingerprint density at radius 1 is 1.42 bits per heavy atom. The van der Waals surface area contributed by atoms with Gasteiger partial charge >= 0.3 is 12.0 Å². The Bertz CT molecular complexity index is 434. The first-order chi connectivity index (χ1) is 8.84. The van der Waals surface area contributed by atoms with E-state index in [9.17, 15) is 18.0 Å². The number of urea groups is 1. The fourth-order valence-corrected chi connectivity index (χ4v) is 2.70. The highest BCUT2D eigenvalue weighted by Gasteiger charge is 2.27. The fraction of sp³-hybridized carbons (Fsp3) is 0.818. The van der Waals surface area contributed by atoms with Crippen molar-refractivity contribution >= 4 is 21.8 Å². The molecule has 0 aliphatic carbocycles. The molecule has 1 aliphatic heterocycles. The van der Waals surface area contributed by atoms with Crippen LogP contribution in [0.1, 0.15) is 19.8 Å². The summed E-state index contributed by atoms with van der Waals surface area (Å²) in [6.07, 6.45) is 0.737. The highest BCUT2D eigenvalue weighted by atomic mass is 32.2. The van der Waals surface area contributed by atoms with Crippen molar-refractivity contribution in [3.63, 3.8) is 0 Å². The van der Waals surface area contributed by atoms with E-state index in [0.717, 1.165) is 0 Å². The Labute approximate surface area is 112 Å². The Hall–Kier alpha value is -1.31. The predicted molar refractivity (Wildman–Crippen MR) is 69.7 cm³/mol. The van der Waals surface area contributed by atoms with Crippen molar-refractivity contribution in [2.24, 2.45) is 5.92 Å². The van der Waals surface area contributed by atoms with Crippen LogP contribution in [0.2, 0.25) is 0 Å². The quantitative estimate of drug-likeness (QED) is 0.713. The minimum absolute atomic E-state index is 0.0115. The van der Waals surface area contributed by atoms with Crippen LogP contribution in [0.4, 0.5) is 4.79 Å². The molecule has 0 saturated carbocycles. The number of nitrogens with zero attached hydrogens (tertiary/aromatic N) is 1. The van der Waals surface area contributed by atoms with Gasteiger partial charge in [-0.05, 0) is 12.3 Å². The molecule has 1 unspecified atom stereocenters. The summed E-state index contributed by atoms with van der Waals surface area (Å²) in [7, 11) is -3.08. The molecule has 7 nitrogen and oxygen atoms in total. The Balaban J connectivity index is 2.30. The van der Waals surface area contributed by atoms with E-state index in [1.165, 1.54) is 4.90 Å². The molecule has 1 aliphatic rings. The van der Waals surface area contributed by atoms with Crippen LogP contribution >= 0.6 is 0 Å². The second-order valence-corrected chi connectivity index (χ2v) is 7.14. The number of aliphatic carboxylic acids is 1. The summed E-state index contributed by atoms with van der Waals surface area (Å²) < 4.78 is 22.5. The SMILES string of the molecule is CCS(=O)(=O)CCNC(=O)N1CCC(CC(=O)O)C1. The van der Waals surface area contributed by atoms with Gasteiger partial charge in [0, 0.05) is 31.8 Å². The number of nitrogens with one attached hydrogen (secondary N) is 1. The van der Waals surface area contributed by atoms with Gasteiger partial charge in [0.05, 0.1) is 5.75 Å². The summed E-state index contributed by atoms with van der Waals surface area (Å²) >= 11 is 0. The number of carbonyl (C=O) groups excluding carboxylic acids is 1. The number of hydrogen-bond donors (Lipinski definition) is 2. The number of carboxylic acid groups (broad SMARTS) is 1. The molecule has 2 amide bonds. The van der Waals surface area contributed by atoms with Crippen LogP contribution in [-0.4, -0.2) is 61.6 Å². The van der Waals surface area contributed by atoms with E-state index in [2.05, 4.69) is 5.32 Å². The summed E-state index contributed by atoms with van der Waals surface area (Å²) in [5.41, 5.74) is 0. The van der Waals surface area contributed by atoms with Crippen LogP contribution in [0.5, 0.6) is 0 Å². The normalized spacial score (nSPS) is 19.4. The summed E-state index contributed by atoms with van der Waals surface area (Å²) in [4.78, 5) is 23.8. The topological polar surface area (TPSA) is 104 Å². The van der Waals surface area contributed by atoms with Crippen molar-refractivity contribution in [3.05, 3.63) is 0 Å². The number of sulfone groups is 1. The second-order valence-electron chi connectivity index (χ2n) is 4.67. The van der Waals surface area contributed by atoms with E-state index >= 15 is 0 Å². The van der Waals surface area contributed by atoms with Gasteiger partial charge in [-0.3, -0.25) is 4.79 Å². The van der Waals surface area contributed by atoms with Gasteiger partial charge in [0.2, 0.25) is 0 Å². The molecule has 0 radical (unpaired) electrons. The number of carboxylic acids is 1. The maximum absolute atomic E-state index is 11.7. The zero-order valence-corrected chi connectivity index (χ0v) is 11.8. The van der Waals surface area contributed by atoms with Gasteiger partial charge in [-0.15, -0.1) is 0 Å². The lowest BCUT2D eigenvalue weighted by atomic mass is 10.1. The van der Waals surface area contributed by atoms with Gasteiger partial charge in [0.15, 0.2) is 9.84 Å². The molecule has 0 aromatic rings. The number of amides is 2. The van der Waals surface area contributed by atoms with Crippen molar-refractivity contribution in [2.45, 2.75) is 19.8 Å². The molecule has 0 spiro atoms. The van der Waals surface area contributed by atoms with Gasteiger partial charge in [0.1, 0.15) is 0 Å². The summed E-state index contributed by atoms with van der Waals surface area (Å²) in [5, 5.41) is 11.2. The monoisotopic (exact) mass is 292 g/mol. The summed E-state index contributed by atoms with van der Waals surface area (Å²) in [6, 6.07) is -0.320. The molecule has 1 rings (SSSR count). The highest BCUT2D eigenvalue weighted by Crippen LogP contribution is 2.19. The maximum atomic E-state index is 11.7. The third kappa shape index (κ3) is 5.46.